The first-order valence-electron chi connectivity index (χ1n) is 9.76. The smallest absolute Gasteiger partial charge is 0.223 e. The SMILES string of the molecule is O=C(CCNC1CCCC1)N1CCN(C/C=C/c2ccccc2)CC1. The van der Waals surface area contributed by atoms with E-state index in [0.29, 0.717) is 18.4 Å². The number of hydrogen-bond donors (Lipinski definition) is 1. The number of carbonyl (C=O) groups is 1. The van der Waals surface area contributed by atoms with Crippen molar-refractivity contribution in [1.29, 1.82) is 0 Å². The number of carbonyl (C=O) groups excluding carboxylic acids is 1. The molecule has 1 heterocycles. The van der Waals surface area contributed by atoms with E-state index in [2.05, 4.69) is 46.6 Å². The van der Waals surface area contributed by atoms with Gasteiger partial charge in [0.2, 0.25) is 5.91 Å². The monoisotopic (exact) mass is 341 g/mol. The van der Waals surface area contributed by atoms with E-state index in [-0.39, 0.29) is 0 Å². The lowest BCUT2D eigenvalue weighted by molar-refractivity contribution is -0.132. The molecule has 1 aliphatic heterocycles. The van der Waals surface area contributed by atoms with Crippen LogP contribution in [0.5, 0.6) is 0 Å². The lowest BCUT2D eigenvalue weighted by Gasteiger charge is -2.34. The summed E-state index contributed by atoms with van der Waals surface area (Å²) in [6.07, 6.45) is 10.3. The highest BCUT2D eigenvalue weighted by molar-refractivity contribution is 5.76. The predicted molar refractivity (Wildman–Crippen MR) is 103 cm³/mol. The Morgan fingerprint density at radius 3 is 2.52 bits per heavy atom. The van der Waals surface area contributed by atoms with Gasteiger partial charge in [0.05, 0.1) is 0 Å². The predicted octanol–water partition coefficient (Wildman–Crippen LogP) is 2.77. The molecule has 0 bridgehead atoms. The van der Waals surface area contributed by atoms with E-state index in [1.54, 1.807) is 0 Å². The van der Waals surface area contributed by atoms with Crippen molar-refractivity contribution < 1.29 is 4.79 Å². The number of rotatable bonds is 7. The molecular formula is C21H31N3O. The first kappa shape index (κ1) is 18.2. The zero-order chi connectivity index (χ0) is 17.3. The Morgan fingerprint density at radius 1 is 1.08 bits per heavy atom. The molecule has 25 heavy (non-hydrogen) atoms. The standard InChI is InChI=1S/C21H31N3O/c25-21(12-13-22-20-10-4-5-11-20)24-17-15-23(16-18-24)14-6-9-19-7-2-1-3-8-19/h1-3,6-9,20,22H,4-5,10-18H2/b9-6+. The Balaban J connectivity index is 1.31. The summed E-state index contributed by atoms with van der Waals surface area (Å²) in [6, 6.07) is 11.1. The highest BCUT2D eigenvalue weighted by Gasteiger charge is 2.20. The minimum absolute atomic E-state index is 0.310. The molecule has 0 atom stereocenters. The summed E-state index contributed by atoms with van der Waals surface area (Å²) >= 11 is 0. The van der Waals surface area contributed by atoms with Crippen LogP contribution in [-0.2, 0) is 4.79 Å². The zero-order valence-electron chi connectivity index (χ0n) is 15.2. The third-order valence-corrected chi connectivity index (χ3v) is 5.33. The maximum Gasteiger partial charge on any atom is 0.223 e. The van der Waals surface area contributed by atoms with Gasteiger partial charge in [-0.25, -0.2) is 0 Å². The van der Waals surface area contributed by atoms with Gasteiger partial charge in [0.1, 0.15) is 0 Å². The Labute approximate surface area is 151 Å². The Bertz CT molecular complexity index is 544. The molecule has 1 saturated carbocycles. The summed E-state index contributed by atoms with van der Waals surface area (Å²) in [7, 11) is 0. The molecule has 1 N–H and O–H groups in total. The largest absolute Gasteiger partial charge is 0.340 e. The second-order valence-electron chi connectivity index (χ2n) is 7.18. The van der Waals surface area contributed by atoms with Gasteiger partial charge in [-0.15, -0.1) is 0 Å². The van der Waals surface area contributed by atoms with Crippen molar-refractivity contribution >= 4 is 12.0 Å². The summed E-state index contributed by atoms with van der Waals surface area (Å²) < 4.78 is 0. The van der Waals surface area contributed by atoms with E-state index in [1.165, 1.54) is 31.2 Å². The first-order valence-corrected chi connectivity index (χ1v) is 9.76. The van der Waals surface area contributed by atoms with Crippen LogP contribution in [0.15, 0.2) is 36.4 Å². The van der Waals surface area contributed by atoms with E-state index in [1.807, 2.05) is 11.0 Å². The van der Waals surface area contributed by atoms with Crippen molar-refractivity contribution in [2.24, 2.45) is 0 Å². The van der Waals surface area contributed by atoms with Gasteiger partial charge < -0.3 is 10.2 Å². The maximum atomic E-state index is 12.3. The molecule has 2 aliphatic rings. The van der Waals surface area contributed by atoms with Crippen molar-refractivity contribution in [3.8, 4) is 0 Å². The van der Waals surface area contributed by atoms with Crippen LogP contribution in [0.4, 0.5) is 0 Å². The number of nitrogens with zero attached hydrogens (tertiary/aromatic N) is 2. The van der Waals surface area contributed by atoms with E-state index in [0.717, 1.165) is 39.3 Å². The van der Waals surface area contributed by atoms with Crippen LogP contribution >= 0.6 is 0 Å². The number of amides is 1. The fraction of sp³-hybridized carbons (Fsp3) is 0.571. The van der Waals surface area contributed by atoms with Crippen LogP contribution in [0.3, 0.4) is 0 Å². The molecule has 4 nitrogen and oxygen atoms in total. The number of piperazine rings is 1. The van der Waals surface area contributed by atoms with E-state index in [9.17, 15) is 4.79 Å². The van der Waals surface area contributed by atoms with Gasteiger partial charge in [0.25, 0.3) is 0 Å². The van der Waals surface area contributed by atoms with Gasteiger partial charge in [0.15, 0.2) is 0 Å². The molecule has 2 fully saturated rings. The fourth-order valence-corrected chi connectivity index (χ4v) is 3.75. The average molecular weight is 341 g/mol. The van der Waals surface area contributed by atoms with E-state index in [4.69, 9.17) is 0 Å². The molecule has 136 valence electrons. The summed E-state index contributed by atoms with van der Waals surface area (Å²) in [4.78, 5) is 16.8. The average Bonchev–Trinajstić information content (AvgIpc) is 3.16. The number of hydrogen-bond acceptors (Lipinski definition) is 3. The molecule has 0 spiro atoms. The van der Waals surface area contributed by atoms with Crippen molar-refractivity contribution in [1.82, 2.24) is 15.1 Å². The number of benzene rings is 1. The molecule has 1 saturated heterocycles. The van der Waals surface area contributed by atoms with E-state index < -0.39 is 0 Å². The lowest BCUT2D eigenvalue weighted by Crippen LogP contribution is -2.49. The van der Waals surface area contributed by atoms with Crippen LogP contribution in [0, 0.1) is 0 Å². The van der Waals surface area contributed by atoms with Gasteiger partial charge in [-0.1, -0.05) is 55.3 Å². The van der Waals surface area contributed by atoms with Crippen molar-refractivity contribution in [3.05, 3.63) is 42.0 Å². The fourth-order valence-electron chi connectivity index (χ4n) is 3.75. The van der Waals surface area contributed by atoms with Crippen LogP contribution < -0.4 is 5.32 Å². The summed E-state index contributed by atoms with van der Waals surface area (Å²) in [6.45, 7) is 5.47. The van der Waals surface area contributed by atoms with Crippen LogP contribution in [0.1, 0.15) is 37.7 Å². The van der Waals surface area contributed by atoms with E-state index >= 15 is 0 Å². The minimum atomic E-state index is 0.310. The second-order valence-corrected chi connectivity index (χ2v) is 7.18. The molecule has 4 heteroatoms. The van der Waals surface area contributed by atoms with Gasteiger partial charge in [-0.2, -0.15) is 0 Å². The van der Waals surface area contributed by atoms with Gasteiger partial charge in [-0.3, -0.25) is 9.69 Å². The molecule has 1 amide bonds. The van der Waals surface area contributed by atoms with Crippen molar-refractivity contribution in [2.75, 3.05) is 39.3 Å². The first-order chi connectivity index (χ1) is 12.3. The van der Waals surface area contributed by atoms with Gasteiger partial charge in [0, 0.05) is 51.7 Å². The normalized spacial score (nSPS) is 19.8. The molecule has 0 unspecified atom stereocenters. The van der Waals surface area contributed by atoms with Crippen LogP contribution in [-0.4, -0.2) is 61.0 Å². The topological polar surface area (TPSA) is 35.6 Å². The summed E-state index contributed by atoms with van der Waals surface area (Å²) in [5.41, 5.74) is 1.24. The van der Waals surface area contributed by atoms with Crippen molar-refractivity contribution in [3.63, 3.8) is 0 Å². The Morgan fingerprint density at radius 2 is 1.80 bits per heavy atom. The molecule has 1 aromatic rings. The van der Waals surface area contributed by atoms with Gasteiger partial charge >= 0.3 is 0 Å². The maximum absolute atomic E-state index is 12.3. The number of nitrogens with one attached hydrogen (secondary N) is 1. The zero-order valence-corrected chi connectivity index (χ0v) is 15.2. The molecule has 1 aliphatic carbocycles. The summed E-state index contributed by atoms with van der Waals surface area (Å²) in [5, 5.41) is 3.54. The van der Waals surface area contributed by atoms with Crippen molar-refractivity contribution in [2.45, 2.75) is 38.1 Å². The second kappa shape index (κ2) is 9.73. The quantitative estimate of drug-likeness (QED) is 0.828. The molecular weight excluding hydrogens is 310 g/mol. The molecule has 3 rings (SSSR count). The summed E-state index contributed by atoms with van der Waals surface area (Å²) in [5.74, 6) is 0.310. The third-order valence-electron chi connectivity index (χ3n) is 5.33. The van der Waals surface area contributed by atoms with Gasteiger partial charge in [-0.05, 0) is 18.4 Å². The minimum Gasteiger partial charge on any atom is -0.340 e. The highest BCUT2D eigenvalue weighted by Crippen LogP contribution is 2.17. The van der Waals surface area contributed by atoms with Crippen LogP contribution in [0.2, 0.25) is 0 Å². The molecule has 0 aromatic heterocycles. The van der Waals surface area contributed by atoms with Crippen LogP contribution in [0.25, 0.3) is 6.08 Å². The molecule has 1 aromatic carbocycles. The highest BCUT2D eigenvalue weighted by atomic mass is 16.2. The lowest BCUT2D eigenvalue weighted by atomic mass is 10.2. The Hall–Kier alpha value is -1.65. The Kier molecular flexibility index (Phi) is 7.07. The molecule has 0 radical (unpaired) electrons. The third kappa shape index (κ3) is 5.98.